The van der Waals surface area contributed by atoms with Gasteiger partial charge in [-0.15, -0.1) is 0 Å². The monoisotopic (exact) mass is 514 g/mol. The van der Waals surface area contributed by atoms with E-state index in [1.807, 2.05) is 62.4 Å². The Morgan fingerprint density at radius 3 is 2.28 bits per heavy atom. The summed E-state index contributed by atoms with van der Waals surface area (Å²) in [4.78, 5) is 17.0. The van der Waals surface area contributed by atoms with Crippen LogP contribution in [-0.2, 0) is 6.54 Å². The summed E-state index contributed by atoms with van der Waals surface area (Å²) < 4.78 is 1.78. The Kier molecular flexibility index (Phi) is 6.80. The number of urea groups is 1. The van der Waals surface area contributed by atoms with Gasteiger partial charge in [0.1, 0.15) is 13.7 Å². The fraction of sp³-hybridized carbons (Fsp3) is 0.0385. The van der Waals surface area contributed by atoms with Gasteiger partial charge in [0.05, 0.1) is 5.69 Å². The number of halogens is 2. The maximum absolute atomic E-state index is 12.3. The Morgan fingerprint density at radius 1 is 0.917 bits per heavy atom. The Balaban J connectivity index is 1.29. The molecule has 5 rings (SSSR count). The van der Waals surface area contributed by atoms with E-state index in [-0.39, 0.29) is 6.03 Å². The molecule has 2 aromatic heterocycles. The van der Waals surface area contributed by atoms with E-state index in [0.717, 1.165) is 33.7 Å². The molecule has 0 saturated carbocycles. The van der Waals surface area contributed by atoms with E-state index in [1.54, 1.807) is 35.0 Å². The number of carbonyl (C=O) groups is 1. The molecule has 5 aromatic rings. The molecule has 10 heteroatoms. The van der Waals surface area contributed by atoms with Crippen molar-refractivity contribution in [2.75, 3.05) is 16.0 Å². The number of rotatable bonds is 6. The van der Waals surface area contributed by atoms with Crippen LogP contribution in [0.4, 0.5) is 22.0 Å². The maximum Gasteiger partial charge on any atom is 0.323 e. The van der Waals surface area contributed by atoms with Gasteiger partial charge in [0.25, 0.3) is 0 Å². The number of anilines is 3. The minimum Gasteiger partial charge on any atom is -0.366 e. The average Bonchev–Trinajstić information content (AvgIpc) is 3.26. The van der Waals surface area contributed by atoms with E-state index >= 15 is 0 Å². The van der Waals surface area contributed by atoms with Crippen LogP contribution in [0.3, 0.4) is 0 Å². The van der Waals surface area contributed by atoms with Crippen LogP contribution in [0.5, 0.6) is 0 Å². The number of amides is 2. The fourth-order valence-corrected chi connectivity index (χ4v) is 4.09. The topological polar surface area (TPSA) is 83.3 Å². The third-order valence-corrected chi connectivity index (χ3v) is 6.17. The van der Waals surface area contributed by atoms with Crippen molar-refractivity contribution in [1.82, 2.24) is 14.6 Å². The minimum atomic E-state index is -0.330. The van der Waals surface area contributed by atoms with Crippen LogP contribution in [0, 0.1) is 0 Å². The van der Waals surface area contributed by atoms with Gasteiger partial charge in [-0.2, -0.15) is 9.61 Å². The fourth-order valence-electron chi connectivity index (χ4n) is 3.73. The second-order valence-corrected chi connectivity index (χ2v) is 9.05. The molecule has 0 aliphatic rings. The summed E-state index contributed by atoms with van der Waals surface area (Å²) in [5.41, 5.74) is 5.74. The highest BCUT2D eigenvalue weighted by Gasteiger charge is 2.12. The standard InChI is InChI=1S/C26H21BCl2N6O/c27-21-15-31-35-24(13-23(34-25(21)35)20-3-1-2-4-22(20)29)30-14-16-5-9-18(10-6-16)32-26(36)33-19-11-7-17(28)8-12-19/h1-13,15,30H,14,27H2,(H2,32,33,36). The smallest absolute Gasteiger partial charge is 0.323 e. The number of aromatic nitrogens is 3. The minimum absolute atomic E-state index is 0.330. The summed E-state index contributed by atoms with van der Waals surface area (Å²) in [5.74, 6) is 0.799. The molecule has 0 aliphatic heterocycles. The first-order chi connectivity index (χ1) is 17.5. The van der Waals surface area contributed by atoms with Crippen molar-refractivity contribution in [1.29, 1.82) is 0 Å². The van der Waals surface area contributed by atoms with Crippen LogP contribution >= 0.6 is 23.2 Å². The van der Waals surface area contributed by atoms with Gasteiger partial charge in [-0.25, -0.2) is 9.78 Å². The van der Waals surface area contributed by atoms with Gasteiger partial charge in [0.2, 0.25) is 0 Å². The van der Waals surface area contributed by atoms with Crippen LogP contribution < -0.4 is 21.4 Å². The zero-order valence-electron chi connectivity index (χ0n) is 19.3. The van der Waals surface area contributed by atoms with Crippen molar-refractivity contribution in [2.24, 2.45) is 0 Å². The van der Waals surface area contributed by atoms with E-state index in [0.29, 0.717) is 28.0 Å². The lowest BCUT2D eigenvalue weighted by Crippen LogP contribution is -2.19. The van der Waals surface area contributed by atoms with Gasteiger partial charge >= 0.3 is 6.03 Å². The molecule has 0 saturated heterocycles. The second kappa shape index (κ2) is 10.3. The lowest BCUT2D eigenvalue weighted by atomic mass is 10.0. The van der Waals surface area contributed by atoms with E-state index in [4.69, 9.17) is 28.2 Å². The lowest BCUT2D eigenvalue weighted by molar-refractivity contribution is 0.262. The van der Waals surface area contributed by atoms with Crippen molar-refractivity contribution in [3.63, 3.8) is 0 Å². The first-order valence-electron chi connectivity index (χ1n) is 11.2. The molecule has 3 N–H and O–H groups in total. The summed E-state index contributed by atoms with van der Waals surface area (Å²) in [7, 11) is 1.98. The first-order valence-corrected chi connectivity index (χ1v) is 12.0. The zero-order valence-corrected chi connectivity index (χ0v) is 20.8. The molecule has 0 unspecified atom stereocenters. The number of nitrogens with one attached hydrogen (secondary N) is 3. The molecule has 0 aliphatic carbocycles. The Bertz CT molecular complexity index is 1540. The molecule has 2 amide bonds. The van der Waals surface area contributed by atoms with Gasteiger partial charge in [0.15, 0.2) is 5.65 Å². The third kappa shape index (κ3) is 5.30. The molecule has 0 spiro atoms. The largest absolute Gasteiger partial charge is 0.366 e. The lowest BCUT2D eigenvalue weighted by Gasteiger charge is -2.12. The predicted octanol–water partition coefficient (Wildman–Crippen LogP) is 5.22. The highest BCUT2D eigenvalue weighted by molar-refractivity contribution is 6.36. The second-order valence-electron chi connectivity index (χ2n) is 8.21. The van der Waals surface area contributed by atoms with E-state index in [1.165, 1.54) is 0 Å². The van der Waals surface area contributed by atoms with Crippen LogP contribution in [0.2, 0.25) is 10.0 Å². The van der Waals surface area contributed by atoms with Crippen LogP contribution in [0.1, 0.15) is 5.56 Å². The number of hydrogen-bond donors (Lipinski definition) is 3. The Hall–Kier alpha value is -4.01. The third-order valence-electron chi connectivity index (χ3n) is 5.59. The first kappa shape index (κ1) is 23.7. The number of carbonyl (C=O) groups excluding carboxylic acids is 1. The van der Waals surface area contributed by atoms with Crippen LogP contribution in [0.15, 0.2) is 85.1 Å². The molecule has 0 atom stereocenters. The van der Waals surface area contributed by atoms with E-state index < -0.39 is 0 Å². The van der Waals surface area contributed by atoms with Crippen molar-refractivity contribution in [3.8, 4) is 11.3 Å². The maximum atomic E-state index is 12.3. The molecule has 3 aromatic carbocycles. The van der Waals surface area contributed by atoms with Gasteiger partial charge in [-0.3, -0.25) is 0 Å². The quantitative estimate of drug-likeness (QED) is 0.271. The number of fused-ring (bicyclic) bond motifs is 1. The number of hydrogen-bond acceptors (Lipinski definition) is 4. The number of nitrogens with zero attached hydrogens (tertiary/aromatic N) is 3. The van der Waals surface area contributed by atoms with Crippen molar-refractivity contribution in [3.05, 3.63) is 101 Å². The molecule has 36 heavy (non-hydrogen) atoms. The summed E-state index contributed by atoms with van der Waals surface area (Å²) in [5, 5.41) is 14.8. The average molecular weight is 515 g/mol. The molecular weight excluding hydrogens is 494 g/mol. The van der Waals surface area contributed by atoms with E-state index in [2.05, 4.69) is 21.0 Å². The molecule has 178 valence electrons. The van der Waals surface area contributed by atoms with E-state index in [9.17, 15) is 4.79 Å². The molecule has 0 fully saturated rings. The zero-order chi connectivity index (χ0) is 25.1. The molecular formula is C26H21BCl2N6O. The van der Waals surface area contributed by atoms with Gasteiger partial charge in [-0.1, -0.05) is 53.5 Å². The van der Waals surface area contributed by atoms with Crippen molar-refractivity contribution >= 4 is 65.4 Å². The Labute approximate surface area is 218 Å². The van der Waals surface area contributed by atoms with Crippen molar-refractivity contribution < 1.29 is 4.79 Å². The summed E-state index contributed by atoms with van der Waals surface area (Å²) in [6.07, 6.45) is 1.79. The predicted molar refractivity (Wildman–Crippen MR) is 149 cm³/mol. The van der Waals surface area contributed by atoms with Crippen LogP contribution in [-0.4, -0.2) is 28.5 Å². The highest BCUT2D eigenvalue weighted by atomic mass is 35.5. The normalized spacial score (nSPS) is 10.8. The summed E-state index contributed by atoms with van der Waals surface area (Å²) in [6, 6.07) is 23.8. The SMILES string of the molecule is Bc1cnn2c(NCc3ccc(NC(=O)Nc4ccc(Cl)cc4)cc3)cc(-c3ccccc3Cl)nc12. The molecule has 7 nitrogen and oxygen atoms in total. The van der Waals surface area contributed by atoms with Gasteiger partial charge in [0, 0.05) is 45.8 Å². The highest BCUT2D eigenvalue weighted by Crippen LogP contribution is 2.28. The molecule has 0 radical (unpaired) electrons. The molecule has 2 heterocycles. The van der Waals surface area contributed by atoms with Gasteiger partial charge in [-0.05, 0) is 53.5 Å². The van der Waals surface area contributed by atoms with Gasteiger partial charge < -0.3 is 16.0 Å². The van der Waals surface area contributed by atoms with Crippen LogP contribution in [0.25, 0.3) is 16.9 Å². The summed E-state index contributed by atoms with van der Waals surface area (Å²) >= 11 is 12.3. The van der Waals surface area contributed by atoms with Crippen molar-refractivity contribution in [2.45, 2.75) is 6.54 Å². The summed E-state index contributed by atoms with van der Waals surface area (Å²) in [6.45, 7) is 0.553. The Morgan fingerprint density at radius 2 is 1.58 bits per heavy atom. The molecule has 0 bridgehead atoms. The number of benzene rings is 3.